The summed E-state index contributed by atoms with van der Waals surface area (Å²) in [5.74, 6) is 0.658. The highest BCUT2D eigenvalue weighted by Gasteiger charge is 1.84. The average Bonchev–Trinajstić information content (AvgIpc) is 2.39. The van der Waals surface area contributed by atoms with Gasteiger partial charge in [-0.1, -0.05) is 26.0 Å². The van der Waals surface area contributed by atoms with E-state index in [0.29, 0.717) is 5.92 Å². The molecule has 0 saturated heterocycles. The summed E-state index contributed by atoms with van der Waals surface area (Å²) >= 11 is 0. The topological polar surface area (TPSA) is 4.93 Å². The number of allylic oxidation sites excluding steroid dienone is 2. The Morgan fingerprint density at radius 1 is 1.27 bits per heavy atom. The van der Waals surface area contributed by atoms with Crippen LogP contribution in [0.2, 0.25) is 0 Å². The van der Waals surface area contributed by atoms with E-state index < -0.39 is 0 Å². The highest BCUT2D eigenvalue weighted by molar-refractivity contribution is 4.94. The summed E-state index contributed by atoms with van der Waals surface area (Å²) < 4.78 is 2.15. The van der Waals surface area contributed by atoms with Crippen LogP contribution in [-0.4, -0.2) is 4.57 Å². The van der Waals surface area contributed by atoms with Gasteiger partial charge in [-0.3, -0.25) is 0 Å². The van der Waals surface area contributed by atoms with Crippen molar-refractivity contribution in [2.24, 2.45) is 5.92 Å². The zero-order valence-corrected chi connectivity index (χ0v) is 7.20. The molecule has 1 aromatic rings. The van der Waals surface area contributed by atoms with Crippen molar-refractivity contribution >= 4 is 0 Å². The Labute approximate surface area is 68.4 Å². The molecule has 0 radical (unpaired) electrons. The van der Waals surface area contributed by atoms with Crippen LogP contribution in [0.4, 0.5) is 0 Å². The summed E-state index contributed by atoms with van der Waals surface area (Å²) in [6.07, 6.45) is 8.57. The summed E-state index contributed by atoms with van der Waals surface area (Å²) in [5.41, 5.74) is 0. The lowest BCUT2D eigenvalue weighted by atomic mass is 10.2. The van der Waals surface area contributed by atoms with E-state index in [-0.39, 0.29) is 0 Å². The van der Waals surface area contributed by atoms with Gasteiger partial charge in [0.1, 0.15) is 0 Å². The van der Waals surface area contributed by atoms with Gasteiger partial charge in [0.25, 0.3) is 0 Å². The van der Waals surface area contributed by atoms with Crippen LogP contribution in [0.25, 0.3) is 0 Å². The van der Waals surface area contributed by atoms with Crippen LogP contribution in [0.15, 0.2) is 36.7 Å². The van der Waals surface area contributed by atoms with E-state index >= 15 is 0 Å². The summed E-state index contributed by atoms with van der Waals surface area (Å²) in [6, 6.07) is 4.09. The Morgan fingerprint density at radius 2 is 1.91 bits per heavy atom. The van der Waals surface area contributed by atoms with Gasteiger partial charge in [-0.2, -0.15) is 0 Å². The third kappa shape index (κ3) is 3.08. The lowest BCUT2D eigenvalue weighted by Gasteiger charge is -1.96. The van der Waals surface area contributed by atoms with Crippen LogP contribution in [0, 0.1) is 5.92 Å². The first-order chi connectivity index (χ1) is 5.29. The van der Waals surface area contributed by atoms with Crippen molar-refractivity contribution < 1.29 is 0 Å². The molecule has 0 unspecified atom stereocenters. The Bertz CT molecular complexity index is 207. The smallest absolute Gasteiger partial charge is 0.0400 e. The fraction of sp³-hybridized carbons (Fsp3) is 0.400. The molecule has 1 nitrogen and oxygen atoms in total. The molecule has 0 aliphatic rings. The minimum absolute atomic E-state index is 0.658. The van der Waals surface area contributed by atoms with E-state index in [2.05, 4.69) is 43.0 Å². The molecule has 11 heavy (non-hydrogen) atoms. The molecule has 0 bridgehead atoms. The molecule has 0 aliphatic heterocycles. The van der Waals surface area contributed by atoms with Crippen molar-refractivity contribution in [1.82, 2.24) is 4.57 Å². The number of rotatable bonds is 3. The fourth-order valence-corrected chi connectivity index (χ4v) is 0.947. The van der Waals surface area contributed by atoms with E-state index in [9.17, 15) is 0 Å². The van der Waals surface area contributed by atoms with Gasteiger partial charge in [-0.25, -0.2) is 0 Å². The van der Waals surface area contributed by atoms with Gasteiger partial charge in [0.2, 0.25) is 0 Å². The predicted octanol–water partition coefficient (Wildman–Crippen LogP) is 2.70. The van der Waals surface area contributed by atoms with Crippen LogP contribution in [0.1, 0.15) is 13.8 Å². The minimum atomic E-state index is 0.658. The Balaban J connectivity index is 2.34. The Kier molecular flexibility index (Phi) is 2.96. The largest absolute Gasteiger partial charge is 0.351 e. The second-order valence-electron chi connectivity index (χ2n) is 3.05. The quantitative estimate of drug-likeness (QED) is 0.582. The van der Waals surface area contributed by atoms with Gasteiger partial charge in [-0.15, -0.1) is 0 Å². The van der Waals surface area contributed by atoms with Crippen molar-refractivity contribution in [3.63, 3.8) is 0 Å². The van der Waals surface area contributed by atoms with E-state index in [1.165, 1.54) is 0 Å². The maximum Gasteiger partial charge on any atom is 0.0400 e. The summed E-state index contributed by atoms with van der Waals surface area (Å²) in [6.45, 7) is 5.36. The normalized spacial score (nSPS) is 11.5. The standard InChI is InChI=1S/C10H15N/c1-10(2)6-5-9-11-7-3-4-8-11/h3-8,10H,9H2,1-2H3/b6-5-. The van der Waals surface area contributed by atoms with Gasteiger partial charge < -0.3 is 4.57 Å². The van der Waals surface area contributed by atoms with Crippen molar-refractivity contribution in [3.8, 4) is 0 Å². The molecule has 60 valence electrons. The molecule has 1 heterocycles. The Morgan fingerprint density at radius 3 is 2.45 bits per heavy atom. The first-order valence-electron chi connectivity index (χ1n) is 4.06. The van der Waals surface area contributed by atoms with Gasteiger partial charge >= 0.3 is 0 Å². The lowest BCUT2D eigenvalue weighted by Crippen LogP contribution is -1.89. The van der Waals surface area contributed by atoms with E-state index in [1.54, 1.807) is 0 Å². The molecule has 1 heteroatoms. The molecule has 0 spiro atoms. The van der Waals surface area contributed by atoms with Crippen LogP contribution in [0.5, 0.6) is 0 Å². The van der Waals surface area contributed by atoms with Crippen molar-refractivity contribution in [1.29, 1.82) is 0 Å². The van der Waals surface area contributed by atoms with Crippen LogP contribution >= 0.6 is 0 Å². The monoisotopic (exact) mass is 149 g/mol. The molecule has 0 fully saturated rings. The molecule has 0 aliphatic carbocycles. The highest BCUT2D eigenvalue weighted by Crippen LogP contribution is 1.95. The molecular formula is C10H15N. The average molecular weight is 149 g/mol. The first kappa shape index (κ1) is 8.12. The predicted molar refractivity (Wildman–Crippen MR) is 48.4 cm³/mol. The number of aromatic nitrogens is 1. The molecule has 1 aromatic heterocycles. The molecular weight excluding hydrogens is 134 g/mol. The summed E-state index contributed by atoms with van der Waals surface area (Å²) in [7, 11) is 0. The van der Waals surface area contributed by atoms with E-state index in [4.69, 9.17) is 0 Å². The third-order valence-electron chi connectivity index (χ3n) is 1.50. The second kappa shape index (κ2) is 4.02. The van der Waals surface area contributed by atoms with E-state index in [0.717, 1.165) is 6.54 Å². The van der Waals surface area contributed by atoms with Gasteiger partial charge in [0.15, 0.2) is 0 Å². The molecule has 0 amide bonds. The molecule has 0 saturated carbocycles. The Hall–Kier alpha value is -0.980. The first-order valence-corrected chi connectivity index (χ1v) is 4.06. The van der Waals surface area contributed by atoms with Crippen molar-refractivity contribution in [2.75, 3.05) is 0 Å². The van der Waals surface area contributed by atoms with Gasteiger partial charge in [0, 0.05) is 18.9 Å². The fourth-order valence-electron chi connectivity index (χ4n) is 0.947. The van der Waals surface area contributed by atoms with Crippen LogP contribution in [-0.2, 0) is 6.54 Å². The van der Waals surface area contributed by atoms with Crippen molar-refractivity contribution in [2.45, 2.75) is 20.4 Å². The van der Waals surface area contributed by atoms with Crippen molar-refractivity contribution in [3.05, 3.63) is 36.7 Å². The number of nitrogens with zero attached hydrogens (tertiary/aromatic N) is 1. The molecule has 0 aromatic carbocycles. The number of hydrogen-bond acceptors (Lipinski definition) is 0. The second-order valence-corrected chi connectivity index (χ2v) is 3.05. The summed E-state index contributed by atoms with van der Waals surface area (Å²) in [4.78, 5) is 0. The SMILES string of the molecule is CC(C)/C=C\Cn1cccc1. The maximum atomic E-state index is 2.22. The maximum absolute atomic E-state index is 2.22. The third-order valence-corrected chi connectivity index (χ3v) is 1.50. The zero-order valence-electron chi connectivity index (χ0n) is 7.20. The van der Waals surface area contributed by atoms with Crippen LogP contribution in [0.3, 0.4) is 0 Å². The van der Waals surface area contributed by atoms with Gasteiger partial charge in [-0.05, 0) is 18.1 Å². The number of hydrogen-bond donors (Lipinski definition) is 0. The molecule has 0 atom stereocenters. The minimum Gasteiger partial charge on any atom is -0.351 e. The lowest BCUT2D eigenvalue weighted by molar-refractivity contribution is 0.790. The molecule has 0 N–H and O–H groups in total. The van der Waals surface area contributed by atoms with Gasteiger partial charge in [0.05, 0.1) is 0 Å². The zero-order chi connectivity index (χ0) is 8.10. The molecule has 1 rings (SSSR count). The highest BCUT2D eigenvalue weighted by atomic mass is 14.9. The van der Waals surface area contributed by atoms with E-state index in [1.807, 2.05) is 12.1 Å². The summed E-state index contributed by atoms with van der Waals surface area (Å²) in [5, 5.41) is 0. The van der Waals surface area contributed by atoms with Crippen LogP contribution < -0.4 is 0 Å².